The van der Waals surface area contributed by atoms with Crippen molar-refractivity contribution in [1.82, 2.24) is 10.2 Å². The smallest absolute Gasteiger partial charge is 0.0957 e. The van der Waals surface area contributed by atoms with Crippen LogP contribution in [0.2, 0.25) is 0 Å². The predicted molar refractivity (Wildman–Crippen MR) is 56.2 cm³/mol. The van der Waals surface area contributed by atoms with Gasteiger partial charge >= 0.3 is 0 Å². The normalized spacial score (nSPS) is 28.5. The molecule has 12 heavy (non-hydrogen) atoms. The maximum Gasteiger partial charge on any atom is 0.0957 e. The highest BCUT2D eigenvalue weighted by Gasteiger charge is 2.39. The van der Waals surface area contributed by atoms with E-state index in [2.05, 4.69) is 29.6 Å². The SMILES string of the molecule is C=CCN1C(=C)[C@@H](NC)C1SC. The number of rotatable bonds is 4. The van der Waals surface area contributed by atoms with E-state index in [1.807, 2.05) is 24.9 Å². The molecule has 0 aromatic heterocycles. The maximum atomic E-state index is 4.01. The number of hydrogen-bond acceptors (Lipinski definition) is 3. The first-order chi connectivity index (χ1) is 5.76. The highest BCUT2D eigenvalue weighted by atomic mass is 32.2. The second-order valence-electron chi connectivity index (χ2n) is 2.82. The summed E-state index contributed by atoms with van der Waals surface area (Å²) in [6, 6.07) is 0.444. The topological polar surface area (TPSA) is 15.3 Å². The van der Waals surface area contributed by atoms with Crippen LogP contribution in [-0.2, 0) is 0 Å². The lowest BCUT2D eigenvalue weighted by atomic mass is 10.0. The van der Waals surface area contributed by atoms with Gasteiger partial charge in [-0.15, -0.1) is 18.3 Å². The van der Waals surface area contributed by atoms with Crippen molar-refractivity contribution in [3.05, 3.63) is 24.9 Å². The van der Waals surface area contributed by atoms with Gasteiger partial charge in [0.25, 0.3) is 0 Å². The third kappa shape index (κ3) is 1.39. The van der Waals surface area contributed by atoms with Gasteiger partial charge in [-0.2, -0.15) is 0 Å². The Morgan fingerprint density at radius 3 is 2.83 bits per heavy atom. The van der Waals surface area contributed by atoms with E-state index in [1.54, 1.807) is 0 Å². The van der Waals surface area contributed by atoms with Crippen LogP contribution in [0.4, 0.5) is 0 Å². The average molecular weight is 184 g/mol. The Morgan fingerprint density at radius 2 is 2.42 bits per heavy atom. The Balaban J connectivity index is 2.55. The van der Waals surface area contributed by atoms with Crippen molar-refractivity contribution in [3.63, 3.8) is 0 Å². The minimum absolute atomic E-state index is 0.444. The molecule has 0 saturated carbocycles. The summed E-state index contributed by atoms with van der Waals surface area (Å²) in [5, 5.41) is 3.77. The van der Waals surface area contributed by atoms with Gasteiger partial charge in [0.2, 0.25) is 0 Å². The zero-order valence-electron chi connectivity index (χ0n) is 7.71. The van der Waals surface area contributed by atoms with E-state index < -0.39 is 0 Å². The van der Waals surface area contributed by atoms with Gasteiger partial charge in [0.1, 0.15) is 0 Å². The van der Waals surface area contributed by atoms with Gasteiger partial charge in [0, 0.05) is 12.2 Å². The standard InChI is InChI=1S/C9H16N2S/c1-5-6-11-7(2)8(10-3)9(11)12-4/h5,8-10H,1-2,6H2,3-4H3/t8-,9?/m1/s1. The molecule has 1 fully saturated rings. The lowest BCUT2D eigenvalue weighted by Gasteiger charge is -2.50. The first-order valence-electron chi connectivity index (χ1n) is 4.02. The monoisotopic (exact) mass is 184 g/mol. The van der Waals surface area contributed by atoms with Crippen LogP contribution in [0.5, 0.6) is 0 Å². The van der Waals surface area contributed by atoms with Crippen LogP contribution in [0, 0.1) is 0 Å². The van der Waals surface area contributed by atoms with E-state index in [4.69, 9.17) is 0 Å². The van der Waals surface area contributed by atoms with Crippen LogP contribution in [-0.4, -0.2) is 36.2 Å². The molecule has 1 N–H and O–H groups in total. The summed E-state index contributed by atoms with van der Waals surface area (Å²) >= 11 is 1.85. The van der Waals surface area contributed by atoms with Gasteiger partial charge in [-0.25, -0.2) is 0 Å². The summed E-state index contributed by atoms with van der Waals surface area (Å²) in [5.41, 5.74) is 1.18. The van der Waals surface area contributed by atoms with Crippen LogP contribution in [0.1, 0.15) is 0 Å². The molecule has 1 rings (SSSR count). The van der Waals surface area contributed by atoms with E-state index in [9.17, 15) is 0 Å². The largest absolute Gasteiger partial charge is 0.356 e. The third-order valence-corrected chi connectivity index (χ3v) is 3.21. The van der Waals surface area contributed by atoms with Crippen LogP contribution >= 0.6 is 11.8 Å². The van der Waals surface area contributed by atoms with E-state index in [0.717, 1.165) is 6.54 Å². The van der Waals surface area contributed by atoms with Crippen LogP contribution in [0.15, 0.2) is 24.9 Å². The van der Waals surface area contributed by atoms with Crippen molar-refractivity contribution in [2.45, 2.75) is 11.4 Å². The molecule has 3 heteroatoms. The fraction of sp³-hybridized carbons (Fsp3) is 0.556. The molecule has 0 bridgehead atoms. The van der Waals surface area contributed by atoms with Crippen molar-refractivity contribution in [2.24, 2.45) is 0 Å². The van der Waals surface area contributed by atoms with Crippen molar-refractivity contribution in [3.8, 4) is 0 Å². The zero-order valence-corrected chi connectivity index (χ0v) is 8.53. The Bertz CT molecular complexity index is 191. The number of likely N-dealkylation sites (tertiary alicyclic amines) is 1. The second-order valence-corrected chi connectivity index (χ2v) is 3.78. The van der Waals surface area contributed by atoms with Crippen molar-refractivity contribution in [1.29, 1.82) is 0 Å². The zero-order chi connectivity index (χ0) is 9.14. The second kappa shape index (κ2) is 4.01. The molecular formula is C9H16N2S. The van der Waals surface area contributed by atoms with Gasteiger partial charge < -0.3 is 10.2 Å². The number of thioether (sulfide) groups is 1. The van der Waals surface area contributed by atoms with E-state index in [-0.39, 0.29) is 0 Å². The Labute approximate surface area is 78.7 Å². The molecule has 1 aliphatic heterocycles. The molecule has 68 valence electrons. The van der Waals surface area contributed by atoms with Gasteiger partial charge in [0.15, 0.2) is 0 Å². The van der Waals surface area contributed by atoms with Crippen molar-refractivity contribution in [2.75, 3.05) is 19.8 Å². The highest BCUT2D eigenvalue weighted by molar-refractivity contribution is 7.99. The van der Waals surface area contributed by atoms with Gasteiger partial charge in [-0.1, -0.05) is 12.7 Å². The summed E-state index contributed by atoms with van der Waals surface area (Å²) in [6.07, 6.45) is 4.04. The van der Waals surface area contributed by atoms with Crippen LogP contribution in [0.25, 0.3) is 0 Å². The predicted octanol–water partition coefficient (Wildman–Crippen LogP) is 1.28. The third-order valence-electron chi connectivity index (χ3n) is 2.20. The minimum Gasteiger partial charge on any atom is -0.356 e. The Morgan fingerprint density at radius 1 is 1.75 bits per heavy atom. The maximum absolute atomic E-state index is 4.01. The Hall–Kier alpha value is -0.410. The van der Waals surface area contributed by atoms with E-state index >= 15 is 0 Å². The summed E-state index contributed by atoms with van der Waals surface area (Å²) < 4.78 is 0. The molecule has 0 aliphatic carbocycles. The molecule has 1 aliphatic rings. The molecule has 1 heterocycles. The molecule has 1 saturated heterocycles. The molecule has 2 nitrogen and oxygen atoms in total. The fourth-order valence-electron chi connectivity index (χ4n) is 1.54. The van der Waals surface area contributed by atoms with Gasteiger partial charge in [-0.05, 0) is 13.3 Å². The quantitative estimate of drug-likeness (QED) is 0.663. The van der Waals surface area contributed by atoms with Crippen LogP contribution in [0.3, 0.4) is 0 Å². The number of nitrogens with one attached hydrogen (secondary N) is 1. The lowest BCUT2D eigenvalue weighted by molar-refractivity contribution is 0.198. The summed E-state index contributed by atoms with van der Waals surface area (Å²) in [4.78, 5) is 2.26. The highest BCUT2D eigenvalue weighted by Crippen LogP contribution is 2.34. The van der Waals surface area contributed by atoms with E-state index in [1.165, 1.54) is 5.70 Å². The van der Waals surface area contributed by atoms with Crippen molar-refractivity contribution < 1.29 is 0 Å². The first kappa shape index (κ1) is 9.68. The summed E-state index contributed by atoms with van der Waals surface area (Å²) in [5.74, 6) is 0. The molecule has 0 amide bonds. The van der Waals surface area contributed by atoms with E-state index in [0.29, 0.717) is 11.4 Å². The molecule has 0 aromatic carbocycles. The molecule has 1 unspecified atom stereocenters. The average Bonchev–Trinajstić information content (AvgIpc) is 2.09. The molecule has 0 aromatic rings. The van der Waals surface area contributed by atoms with Crippen LogP contribution < -0.4 is 5.32 Å². The summed E-state index contributed by atoms with van der Waals surface area (Å²) in [7, 11) is 1.98. The first-order valence-corrected chi connectivity index (χ1v) is 5.31. The lowest BCUT2D eigenvalue weighted by Crippen LogP contribution is -2.60. The van der Waals surface area contributed by atoms with Gasteiger partial charge in [-0.3, -0.25) is 0 Å². The molecule has 0 spiro atoms. The summed E-state index contributed by atoms with van der Waals surface area (Å²) in [6.45, 7) is 8.64. The number of likely N-dealkylation sites (N-methyl/N-ethyl adjacent to an activating group) is 1. The van der Waals surface area contributed by atoms with Gasteiger partial charge in [0.05, 0.1) is 11.4 Å². The van der Waals surface area contributed by atoms with Crippen molar-refractivity contribution >= 4 is 11.8 Å². The minimum atomic E-state index is 0.444. The number of hydrogen-bond donors (Lipinski definition) is 1. The molecular weight excluding hydrogens is 168 g/mol. The Kier molecular flexibility index (Phi) is 3.23. The fourth-order valence-corrected chi connectivity index (χ4v) is 2.58. The number of nitrogens with zero attached hydrogens (tertiary/aromatic N) is 1. The molecule has 2 atom stereocenters. The molecule has 0 radical (unpaired) electrons.